The predicted molar refractivity (Wildman–Crippen MR) is 52.2 cm³/mol. The number of ether oxygens (including phenoxy) is 1. The Hall–Kier alpha value is -0.370. The highest BCUT2D eigenvalue weighted by Crippen LogP contribution is 2.38. The van der Waals surface area contributed by atoms with Crippen LogP contribution in [-0.2, 0) is 4.74 Å². The molecule has 0 amide bonds. The predicted octanol–water partition coefficient (Wildman–Crippen LogP) is 3.31. The summed E-state index contributed by atoms with van der Waals surface area (Å²) in [5.41, 5.74) is 0.700. The van der Waals surface area contributed by atoms with Crippen LogP contribution in [0.5, 0.6) is 0 Å². The number of hydrogen-bond donors (Lipinski definition) is 0. The van der Waals surface area contributed by atoms with Gasteiger partial charge in [-0.15, -0.1) is 0 Å². The molecule has 0 radical (unpaired) electrons. The third-order valence-corrected chi connectivity index (χ3v) is 3.02. The van der Waals surface area contributed by atoms with Crippen molar-refractivity contribution in [1.29, 1.82) is 0 Å². The first-order valence-corrected chi connectivity index (χ1v) is 4.88. The Morgan fingerprint density at radius 3 is 2.38 bits per heavy atom. The van der Waals surface area contributed by atoms with Gasteiger partial charge in [0, 0.05) is 5.92 Å². The third-order valence-electron chi connectivity index (χ3n) is 3.02. The molecule has 0 saturated carbocycles. The van der Waals surface area contributed by atoms with Crippen molar-refractivity contribution in [3.05, 3.63) is 11.4 Å². The molecule has 0 aromatic heterocycles. The Balaban J connectivity index is 3.00. The Morgan fingerprint density at radius 1 is 1.46 bits per heavy atom. The van der Waals surface area contributed by atoms with Crippen molar-refractivity contribution in [2.24, 2.45) is 11.8 Å². The van der Waals surface area contributed by atoms with E-state index in [9.17, 15) is 4.39 Å². The lowest BCUT2D eigenvalue weighted by molar-refractivity contribution is -0.0570. The molecule has 1 heterocycles. The Kier molecular flexibility index (Phi) is 2.81. The summed E-state index contributed by atoms with van der Waals surface area (Å²) in [5, 5.41) is 0. The second-order valence-corrected chi connectivity index (χ2v) is 4.63. The van der Waals surface area contributed by atoms with Crippen molar-refractivity contribution in [3.63, 3.8) is 0 Å². The van der Waals surface area contributed by atoms with E-state index in [1.807, 2.05) is 34.6 Å². The van der Waals surface area contributed by atoms with E-state index < -0.39 is 0 Å². The second-order valence-electron chi connectivity index (χ2n) is 4.63. The number of halogens is 1. The van der Waals surface area contributed by atoms with Crippen molar-refractivity contribution < 1.29 is 9.13 Å². The van der Waals surface area contributed by atoms with Crippen LogP contribution in [0, 0.1) is 11.8 Å². The van der Waals surface area contributed by atoms with Gasteiger partial charge in [0.15, 0.2) is 0 Å². The van der Waals surface area contributed by atoms with Gasteiger partial charge in [-0.3, -0.25) is 0 Å². The van der Waals surface area contributed by atoms with Gasteiger partial charge in [-0.1, -0.05) is 20.8 Å². The standard InChI is InChI=1S/C11H19FO/c1-7(2)10-8(3)11(4,5)13-6-9(10)12/h7-8H,6H2,1-5H3. The smallest absolute Gasteiger partial charge is 0.125 e. The highest BCUT2D eigenvalue weighted by atomic mass is 19.1. The Morgan fingerprint density at radius 2 is 2.00 bits per heavy atom. The molecule has 2 heteroatoms. The van der Waals surface area contributed by atoms with Crippen LogP contribution in [0.3, 0.4) is 0 Å². The summed E-state index contributed by atoms with van der Waals surface area (Å²) in [6, 6.07) is 0. The normalized spacial score (nSPS) is 28.4. The molecule has 0 aliphatic carbocycles. The molecular formula is C11H19FO. The van der Waals surface area contributed by atoms with Crippen molar-refractivity contribution in [1.82, 2.24) is 0 Å². The molecule has 0 N–H and O–H groups in total. The Labute approximate surface area is 80.0 Å². The first-order chi connectivity index (χ1) is 5.86. The summed E-state index contributed by atoms with van der Waals surface area (Å²) < 4.78 is 18.9. The highest BCUT2D eigenvalue weighted by Gasteiger charge is 2.36. The fourth-order valence-electron chi connectivity index (χ4n) is 1.88. The number of rotatable bonds is 1. The molecule has 0 spiro atoms. The lowest BCUT2D eigenvalue weighted by Crippen LogP contribution is -2.39. The molecule has 1 aliphatic heterocycles. The van der Waals surface area contributed by atoms with Gasteiger partial charge in [0.05, 0.1) is 12.2 Å². The highest BCUT2D eigenvalue weighted by molar-refractivity contribution is 5.20. The van der Waals surface area contributed by atoms with E-state index in [0.29, 0.717) is 0 Å². The maximum Gasteiger partial charge on any atom is 0.125 e. The summed E-state index contributed by atoms with van der Waals surface area (Å²) in [7, 11) is 0. The second kappa shape index (κ2) is 3.41. The van der Waals surface area contributed by atoms with Crippen LogP contribution in [0.2, 0.25) is 0 Å². The van der Waals surface area contributed by atoms with Crippen molar-refractivity contribution in [2.45, 2.75) is 40.2 Å². The summed E-state index contributed by atoms with van der Waals surface area (Å²) in [5.74, 6) is 0.376. The first-order valence-electron chi connectivity index (χ1n) is 4.88. The molecule has 1 unspecified atom stereocenters. The maximum absolute atomic E-state index is 13.4. The third kappa shape index (κ3) is 1.93. The van der Waals surface area contributed by atoms with Gasteiger partial charge in [-0.25, -0.2) is 4.39 Å². The molecule has 0 saturated heterocycles. The average molecular weight is 186 g/mol. The van der Waals surface area contributed by atoms with Crippen LogP contribution in [0.4, 0.5) is 4.39 Å². The average Bonchev–Trinajstić information content (AvgIpc) is 1.98. The van der Waals surface area contributed by atoms with Gasteiger partial charge >= 0.3 is 0 Å². The maximum atomic E-state index is 13.4. The summed E-state index contributed by atoms with van der Waals surface area (Å²) in [6.07, 6.45) is 0. The van der Waals surface area contributed by atoms with Gasteiger partial charge in [0.2, 0.25) is 0 Å². The zero-order valence-electron chi connectivity index (χ0n) is 9.15. The van der Waals surface area contributed by atoms with Gasteiger partial charge in [-0.2, -0.15) is 0 Å². The van der Waals surface area contributed by atoms with Crippen LogP contribution in [0.15, 0.2) is 11.4 Å². The zero-order chi connectivity index (χ0) is 10.2. The van der Waals surface area contributed by atoms with E-state index in [0.717, 1.165) is 5.57 Å². The molecule has 1 rings (SSSR count). The van der Waals surface area contributed by atoms with Crippen LogP contribution in [0.25, 0.3) is 0 Å². The fourth-order valence-corrected chi connectivity index (χ4v) is 1.88. The van der Waals surface area contributed by atoms with Crippen molar-refractivity contribution in [3.8, 4) is 0 Å². The quantitative estimate of drug-likeness (QED) is 0.610. The van der Waals surface area contributed by atoms with Gasteiger partial charge < -0.3 is 4.74 Å². The minimum atomic E-state index is -0.227. The zero-order valence-corrected chi connectivity index (χ0v) is 9.15. The van der Waals surface area contributed by atoms with E-state index in [1.165, 1.54) is 0 Å². The SMILES string of the molecule is CC(C)C1=C(F)COC(C)(C)C1C. The summed E-state index contributed by atoms with van der Waals surface area (Å²) in [4.78, 5) is 0. The molecule has 13 heavy (non-hydrogen) atoms. The van der Waals surface area contributed by atoms with Crippen LogP contribution in [-0.4, -0.2) is 12.2 Å². The lowest BCUT2D eigenvalue weighted by atomic mass is 9.79. The van der Waals surface area contributed by atoms with Crippen LogP contribution in [0.1, 0.15) is 34.6 Å². The molecule has 0 bridgehead atoms. The first kappa shape index (κ1) is 10.7. The van der Waals surface area contributed by atoms with Crippen LogP contribution >= 0.6 is 0 Å². The topological polar surface area (TPSA) is 9.23 Å². The van der Waals surface area contributed by atoms with Gasteiger partial charge in [0.1, 0.15) is 5.83 Å². The Bertz CT molecular complexity index is 228. The summed E-state index contributed by atoms with van der Waals surface area (Å²) in [6.45, 7) is 10.3. The van der Waals surface area contributed by atoms with E-state index in [2.05, 4.69) is 0 Å². The van der Waals surface area contributed by atoms with E-state index in [-0.39, 0.29) is 29.9 Å². The minimum absolute atomic E-state index is 0.0678. The van der Waals surface area contributed by atoms with E-state index in [4.69, 9.17) is 4.74 Å². The molecular weight excluding hydrogens is 167 g/mol. The molecule has 76 valence electrons. The van der Waals surface area contributed by atoms with Gasteiger partial charge in [0.25, 0.3) is 0 Å². The van der Waals surface area contributed by atoms with Gasteiger partial charge in [-0.05, 0) is 25.3 Å². The largest absolute Gasteiger partial charge is 0.368 e. The van der Waals surface area contributed by atoms with E-state index in [1.54, 1.807) is 0 Å². The molecule has 0 fully saturated rings. The molecule has 0 aromatic rings. The van der Waals surface area contributed by atoms with Crippen LogP contribution < -0.4 is 0 Å². The monoisotopic (exact) mass is 186 g/mol. The lowest BCUT2D eigenvalue weighted by Gasteiger charge is -2.39. The molecule has 1 aliphatic rings. The fraction of sp³-hybridized carbons (Fsp3) is 0.818. The van der Waals surface area contributed by atoms with Crippen molar-refractivity contribution >= 4 is 0 Å². The molecule has 0 aromatic carbocycles. The summed E-state index contributed by atoms with van der Waals surface area (Å²) >= 11 is 0. The molecule has 1 nitrogen and oxygen atoms in total. The number of hydrogen-bond acceptors (Lipinski definition) is 1. The minimum Gasteiger partial charge on any atom is -0.368 e. The van der Waals surface area contributed by atoms with Crippen molar-refractivity contribution in [2.75, 3.05) is 6.61 Å². The molecule has 1 atom stereocenters. The van der Waals surface area contributed by atoms with E-state index >= 15 is 0 Å².